The summed E-state index contributed by atoms with van der Waals surface area (Å²) in [6.45, 7) is 6.22. The van der Waals surface area contributed by atoms with Crippen molar-refractivity contribution in [2.24, 2.45) is 58.2 Å². The summed E-state index contributed by atoms with van der Waals surface area (Å²) < 4.78 is 149. The van der Waals surface area contributed by atoms with Crippen LogP contribution in [-0.2, 0) is 31.5 Å². The van der Waals surface area contributed by atoms with E-state index in [1.54, 1.807) is 7.11 Å². The molecular weight excluding hydrogens is 1150 g/mol. The van der Waals surface area contributed by atoms with E-state index in [2.05, 4.69) is 32.0 Å². The number of allylic oxidation sites excluding steroid dienone is 1. The van der Waals surface area contributed by atoms with Gasteiger partial charge in [0, 0.05) is 53.9 Å². The topological polar surface area (TPSA) is 89.9 Å². The van der Waals surface area contributed by atoms with Crippen LogP contribution in [0, 0.1) is 58.2 Å². The predicted molar refractivity (Wildman–Crippen MR) is 319 cm³/mol. The Morgan fingerprint density at radius 1 is 0.647 bits per heavy atom. The molecule has 5 saturated carbocycles. The van der Waals surface area contributed by atoms with Gasteiger partial charge in [-0.25, -0.2) is 0 Å². The minimum atomic E-state index is -5.54. The molecule has 18 heteroatoms. The Hall–Kier alpha value is -2.34. The number of unbranched alkanes of at least 4 members (excludes halogenated alkanes) is 12. The molecule has 7 aliphatic rings. The lowest BCUT2D eigenvalue weighted by Gasteiger charge is -2.56. The summed E-state index contributed by atoms with van der Waals surface area (Å²) in [5.41, 5.74) is 4.45. The lowest BCUT2D eigenvalue weighted by atomic mass is 9.49. The molecule has 0 bridgehead atoms. The average Bonchev–Trinajstić information content (AvgIpc) is 1.80. The number of aliphatic hydroxyl groups is 1. The van der Waals surface area contributed by atoms with Crippen LogP contribution in [0.3, 0.4) is 0 Å². The average molecular weight is 1260 g/mol. The van der Waals surface area contributed by atoms with Crippen molar-refractivity contribution in [3.8, 4) is 5.75 Å². The fraction of sp³-hybridized carbons (Fsp3) is 0.851. The molecule has 1 N–H and O–H groups in total. The first-order chi connectivity index (χ1) is 40.2. The van der Waals surface area contributed by atoms with Crippen LogP contribution in [0.2, 0.25) is 0 Å². The molecular formula is C67H100F10O6S2. The molecule has 85 heavy (non-hydrogen) atoms. The molecule has 8 rings (SSSR count). The molecule has 1 aromatic carbocycles. The van der Waals surface area contributed by atoms with E-state index in [-0.39, 0.29) is 47.6 Å². The Morgan fingerprint density at radius 2 is 1.20 bits per heavy atom. The van der Waals surface area contributed by atoms with Gasteiger partial charge in [0.1, 0.15) is 11.9 Å². The van der Waals surface area contributed by atoms with Crippen molar-refractivity contribution >= 4 is 34.3 Å². The molecule has 6 nitrogen and oxygen atoms in total. The van der Waals surface area contributed by atoms with Crippen molar-refractivity contribution in [3.05, 3.63) is 41.0 Å². The van der Waals surface area contributed by atoms with Crippen molar-refractivity contribution in [1.82, 2.24) is 0 Å². The summed E-state index contributed by atoms with van der Waals surface area (Å²) in [6, 6.07) is 6.63. The van der Waals surface area contributed by atoms with Crippen molar-refractivity contribution in [3.63, 3.8) is 0 Å². The Morgan fingerprint density at radius 3 is 1.84 bits per heavy atom. The first kappa shape index (κ1) is 70.1. The molecule has 486 valence electrons. The molecule has 0 spiro atoms. The minimum absolute atomic E-state index is 0.0269. The third kappa shape index (κ3) is 18.0. The molecule has 5 fully saturated rings. The summed E-state index contributed by atoms with van der Waals surface area (Å²) >= 11 is 1.47. The van der Waals surface area contributed by atoms with Gasteiger partial charge in [0.15, 0.2) is 5.78 Å². The van der Waals surface area contributed by atoms with Crippen LogP contribution in [0.1, 0.15) is 237 Å². The fourth-order valence-corrected chi connectivity index (χ4v) is 19.7. The van der Waals surface area contributed by atoms with Crippen LogP contribution >= 0.6 is 11.8 Å². The number of rotatable bonds is 30. The number of ether oxygens (including phenoxy) is 2. The summed E-state index contributed by atoms with van der Waals surface area (Å²) in [5.74, 6) is -1.42. The molecule has 0 amide bonds. The van der Waals surface area contributed by atoms with Gasteiger partial charge in [-0.2, -0.15) is 55.7 Å². The first-order valence-corrected chi connectivity index (χ1v) is 35.4. The second kappa shape index (κ2) is 31.1. The largest absolute Gasteiger partial charge is 0.497 e. The number of hydrogen-bond donors (Lipinski definition) is 1. The van der Waals surface area contributed by atoms with Crippen LogP contribution in [0.5, 0.6) is 5.75 Å². The molecule has 14 atom stereocenters. The monoisotopic (exact) mass is 1250 g/mol. The molecule has 7 aliphatic carbocycles. The van der Waals surface area contributed by atoms with E-state index < -0.39 is 47.8 Å². The number of carbonyl (C=O) groups is 2. The van der Waals surface area contributed by atoms with E-state index in [1.807, 2.05) is 6.08 Å². The van der Waals surface area contributed by atoms with Crippen LogP contribution in [0.25, 0.3) is 0 Å². The summed E-state index contributed by atoms with van der Waals surface area (Å²) in [5, 5.41) is 10.9. The van der Waals surface area contributed by atoms with Gasteiger partial charge in [-0.3, -0.25) is 13.8 Å². The number of thioether (sulfide) groups is 1. The quantitative estimate of drug-likeness (QED) is 0.0466. The number of hydrogen-bond acceptors (Lipinski definition) is 7. The Labute approximate surface area is 507 Å². The highest BCUT2D eigenvalue weighted by atomic mass is 32.2. The minimum Gasteiger partial charge on any atom is -0.497 e. The van der Waals surface area contributed by atoms with Crippen molar-refractivity contribution < 1.29 is 72.3 Å². The maximum absolute atomic E-state index is 13.0. The standard InChI is InChI=1S/C34H51F5O3S.C33H49F5O3S/c1-23(40)42-30-15-14-29-31-24(21-25-22-26(41)12-13-27(25)28(31)16-18-32(29,30)2)11-8-6-4-3-5-7-9-19-43-20-10-17-33(35,36)34(37,38)39;1-31-18-16-27-26-13-12-25(41-2)22-24(26)21-23(30(27)28(31)14-15-29(31)39)11-8-6-4-3-5-7-9-19-42(40)20-10-17-32(34,35)33(36,37)38/h22,24,27-31H,3-21H2,1-2H3;12-13,22-23,27-30,39H,3-11,14-21H2,1-2H3/t24-,27+,28-,29+,30+,31-,32+;23-,27-,28+,29+,30-,31+,42?/m11/s1. The maximum Gasteiger partial charge on any atom is 0.453 e. The van der Waals surface area contributed by atoms with Gasteiger partial charge in [-0.1, -0.05) is 103 Å². The lowest BCUT2D eigenvalue weighted by molar-refractivity contribution is -0.284. The third-order valence-electron chi connectivity index (χ3n) is 22.0. The number of esters is 1. The number of halogens is 10. The van der Waals surface area contributed by atoms with E-state index in [0.717, 1.165) is 127 Å². The lowest BCUT2D eigenvalue weighted by Crippen LogP contribution is -2.51. The second-order valence-electron chi connectivity index (χ2n) is 27.4. The van der Waals surface area contributed by atoms with Gasteiger partial charge in [-0.15, -0.1) is 0 Å². The molecule has 1 aromatic rings. The highest BCUT2D eigenvalue weighted by molar-refractivity contribution is 7.99. The van der Waals surface area contributed by atoms with Gasteiger partial charge in [0.05, 0.1) is 13.2 Å². The number of fused-ring (bicyclic) bond motifs is 10. The van der Waals surface area contributed by atoms with Crippen molar-refractivity contribution in [2.75, 3.05) is 30.1 Å². The third-order valence-corrected chi connectivity index (χ3v) is 24.7. The van der Waals surface area contributed by atoms with E-state index in [0.29, 0.717) is 83.4 Å². The van der Waals surface area contributed by atoms with Crippen LogP contribution < -0.4 is 4.74 Å². The number of aliphatic hydroxyl groups excluding tert-OH is 1. The van der Waals surface area contributed by atoms with Gasteiger partial charge in [-0.05, 0) is 209 Å². The predicted octanol–water partition coefficient (Wildman–Crippen LogP) is 19.1. The Balaban J connectivity index is 0.000000244. The van der Waals surface area contributed by atoms with Crippen LogP contribution in [0.4, 0.5) is 43.9 Å². The smallest absolute Gasteiger partial charge is 0.453 e. The number of carbonyl (C=O) groups excluding carboxylic acids is 2. The molecule has 0 saturated heterocycles. The molecule has 0 aliphatic heterocycles. The van der Waals surface area contributed by atoms with Gasteiger partial charge >= 0.3 is 30.2 Å². The Bertz CT molecular complexity index is 2350. The van der Waals surface area contributed by atoms with E-state index >= 15 is 0 Å². The number of alkyl halides is 10. The van der Waals surface area contributed by atoms with E-state index in [9.17, 15) is 62.8 Å². The summed E-state index contributed by atoms with van der Waals surface area (Å²) in [7, 11) is 0.377. The van der Waals surface area contributed by atoms with Crippen LogP contribution in [-0.4, -0.2) is 87.6 Å². The van der Waals surface area contributed by atoms with E-state index in [4.69, 9.17) is 9.47 Å². The summed E-state index contributed by atoms with van der Waals surface area (Å²) in [4.78, 5) is 24.2. The highest BCUT2D eigenvalue weighted by Crippen LogP contribution is 2.65. The fourth-order valence-electron chi connectivity index (χ4n) is 17.6. The molecule has 0 radical (unpaired) electrons. The van der Waals surface area contributed by atoms with Gasteiger partial charge in [0.25, 0.3) is 0 Å². The zero-order valence-electron chi connectivity index (χ0n) is 51.2. The van der Waals surface area contributed by atoms with E-state index in [1.165, 1.54) is 86.8 Å². The SMILES string of the molecule is CC(=O)O[C@H]1CC[C@H]2[C@@H]3[C@H](CCCCCCCCCSCCCC(F)(F)C(F)(F)F)CC4=CC(=O)CC[C@@H]4[C@H]3CC[C@]12C.COc1ccc2c(c1)C[C@@H](CCCCCCCCCS(=O)CCCC(F)(F)C(F)(F)F)[C@@H]1[C@@H]2CC[C@]2(C)[C@@H](O)CC[C@@H]12. The second-order valence-corrected chi connectivity index (χ2v) is 30.3. The highest BCUT2D eigenvalue weighted by Gasteiger charge is 2.61. The van der Waals surface area contributed by atoms with Crippen LogP contribution in [0.15, 0.2) is 29.8 Å². The Kier molecular flexibility index (Phi) is 25.7. The normalized spacial score (nSPS) is 31.3. The summed E-state index contributed by atoms with van der Waals surface area (Å²) in [6.07, 6.45) is 17.9. The molecule has 1 unspecified atom stereocenters. The zero-order valence-corrected chi connectivity index (χ0v) is 52.8. The molecule has 0 aromatic heterocycles. The molecule has 0 heterocycles. The van der Waals surface area contributed by atoms with Gasteiger partial charge in [0.2, 0.25) is 0 Å². The first-order valence-electron chi connectivity index (χ1n) is 32.8. The zero-order chi connectivity index (χ0) is 61.8. The number of methoxy groups -OCH3 is 1. The van der Waals surface area contributed by atoms with Gasteiger partial charge < -0.3 is 14.6 Å². The van der Waals surface area contributed by atoms with Crippen molar-refractivity contribution in [2.45, 2.75) is 269 Å². The number of benzene rings is 1. The number of ketones is 1. The van der Waals surface area contributed by atoms with Crippen molar-refractivity contribution in [1.29, 1.82) is 0 Å². The maximum atomic E-state index is 13.0.